The van der Waals surface area contributed by atoms with Gasteiger partial charge in [-0.3, -0.25) is 4.79 Å². The molecule has 0 spiro atoms. The predicted molar refractivity (Wildman–Crippen MR) is 48.1 cm³/mol. The van der Waals surface area contributed by atoms with Gasteiger partial charge in [0, 0.05) is 5.92 Å². The molecule has 0 aromatic rings. The quantitative estimate of drug-likeness (QED) is 0.677. The molecule has 0 amide bonds. The summed E-state index contributed by atoms with van der Waals surface area (Å²) >= 11 is 0. The second-order valence-electron chi connectivity index (χ2n) is 3.20. The molecule has 0 aromatic heterocycles. The summed E-state index contributed by atoms with van der Waals surface area (Å²) in [6.45, 7) is 1.11. The van der Waals surface area contributed by atoms with Crippen LogP contribution in [0.2, 0.25) is 0 Å². The molecular formula is C9H15NO3. The first-order chi connectivity index (χ1) is 6.24. The highest BCUT2D eigenvalue weighted by atomic mass is 16.5. The summed E-state index contributed by atoms with van der Waals surface area (Å²) in [7, 11) is 0. The largest absolute Gasteiger partial charge is 0.501 e. The Labute approximate surface area is 77.4 Å². The number of ether oxygens (including phenoxy) is 1. The summed E-state index contributed by atoms with van der Waals surface area (Å²) in [5.74, 6) is -0.861. The van der Waals surface area contributed by atoms with Crippen molar-refractivity contribution in [2.75, 3.05) is 13.2 Å². The Morgan fingerprint density at radius 3 is 3.00 bits per heavy atom. The highest BCUT2D eigenvalue weighted by Crippen LogP contribution is 2.22. The summed E-state index contributed by atoms with van der Waals surface area (Å²) in [6, 6.07) is 0. The van der Waals surface area contributed by atoms with Gasteiger partial charge in [-0.2, -0.15) is 0 Å². The lowest BCUT2D eigenvalue weighted by molar-refractivity contribution is -0.137. The van der Waals surface area contributed by atoms with Crippen molar-refractivity contribution < 1.29 is 14.6 Å². The third kappa shape index (κ3) is 3.06. The average molecular weight is 185 g/mol. The molecule has 1 aliphatic rings. The zero-order chi connectivity index (χ0) is 9.68. The summed E-state index contributed by atoms with van der Waals surface area (Å²) in [6.07, 6.45) is 3.65. The molecule has 1 rings (SSSR count). The Kier molecular flexibility index (Phi) is 3.76. The van der Waals surface area contributed by atoms with Crippen LogP contribution < -0.4 is 5.73 Å². The lowest BCUT2D eigenvalue weighted by Crippen LogP contribution is -2.21. The van der Waals surface area contributed by atoms with E-state index >= 15 is 0 Å². The molecule has 4 nitrogen and oxygen atoms in total. The van der Waals surface area contributed by atoms with Crippen molar-refractivity contribution in [1.82, 2.24) is 0 Å². The van der Waals surface area contributed by atoms with Crippen LogP contribution >= 0.6 is 0 Å². The minimum Gasteiger partial charge on any atom is -0.501 e. The van der Waals surface area contributed by atoms with E-state index in [1.807, 2.05) is 0 Å². The highest BCUT2D eigenvalue weighted by molar-refractivity contribution is 5.67. The molecular weight excluding hydrogens is 170 g/mol. The van der Waals surface area contributed by atoms with Crippen LogP contribution in [0.1, 0.15) is 19.3 Å². The molecule has 1 atom stereocenters. The van der Waals surface area contributed by atoms with Gasteiger partial charge >= 0.3 is 5.97 Å². The molecule has 3 N–H and O–H groups in total. The number of carboxylic acid groups (broad SMARTS) is 1. The van der Waals surface area contributed by atoms with Gasteiger partial charge in [-0.1, -0.05) is 0 Å². The van der Waals surface area contributed by atoms with E-state index in [1.54, 1.807) is 6.26 Å². The predicted octanol–water partition coefficient (Wildman–Crippen LogP) is 0.730. The fourth-order valence-electron chi connectivity index (χ4n) is 1.46. The first-order valence-corrected chi connectivity index (χ1v) is 4.46. The summed E-state index contributed by atoms with van der Waals surface area (Å²) < 4.78 is 5.14. The van der Waals surface area contributed by atoms with Crippen LogP contribution in [0, 0.1) is 5.92 Å². The normalized spacial score (nSPS) is 18.7. The standard InChI is InChI=1S/C9H15NO3/c10-5-8(4-9(11)12)7-2-1-3-13-6-7/h6,8H,1-5,10H2,(H,11,12). The van der Waals surface area contributed by atoms with Crippen LogP contribution in [0.25, 0.3) is 0 Å². The molecule has 13 heavy (non-hydrogen) atoms. The topological polar surface area (TPSA) is 72.6 Å². The van der Waals surface area contributed by atoms with Gasteiger partial charge in [0.2, 0.25) is 0 Å². The number of hydrogen-bond donors (Lipinski definition) is 2. The minimum atomic E-state index is -0.804. The van der Waals surface area contributed by atoms with Gasteiger partial charge in [-0.15, -0.1) is 0 Å². The van der Waals surface area contributed by atoms with Crippen molar-refractivity contribution in [2.24, 2.45) is 11.7 Å². The van der Waals surface area contributed by atoms with Crippen molar-refractivity contribution in [1.29, 1.82) is 0 Å². The van der Waals surface area contributed by atoms with Crippen LogP contribution in [0.4, 0.5) is 0 Å². The lowest BCUT2D eigenvalue weighted by Gasteiger charge is -2.20. The van der Waals surface area contributed by atoms with E-state index in [-0.39, 0.29) is 12.3 Å². The smallest absolute Gasteiger partial charge is 0.304 e. The second kappa shape index (κ2) is 4.87. The molecule has 0 aromatic carbocycles. The Bertz CT molecular complexity index is 213. The van der Waals surface area contributed by atoms with Crippen LogP contribution in [-0.4, -0.2) is 24.2 Å². The van der Waals surface area contributed by atoms with E-state index in [0.717, 1.165) is 25.0 Å². The van der Waals surface area contributed by atoms with Crippen molar-refractivity contribution in [3.05, 3.63) is 11.8 Å². The van der Waals surface area contributed by atoms with E-state index in [4.69, 9.17) is 15.6 Å². The average Bonchev–Trinajstić information content (AvgIpc) is 2.15. The molecule has 1 aliphatic heterocycles. The Morgan fingerprint density at radius 2 is 2.54 bits per heavy atom. The fraction of sp³-hybridized carbons (Fsp3) is 0.667. The number of nitrogens with two attached hydrogens (primary N) is 1. The zero-order valence-corrected chi connectivity index (χ0v) is 7.53. The molecule has 74 valence electrons. The highest BCUT2D eigenvalue weighted by Gasteiger charge is 2.18. The van der Waals surface area contributed by atoms with Gasteiger partial charge in [0.1, 0.15) is 0 Å². The van der Waals surface area contributed by atoms with E-state index in [2.05, 4.69) is 0 Å². The van der Waals surface area contributed by atoms with E-state index < -0.39 is 5.97 Å². The molecule has 0 saturated carbocycles. The number of carbonyl (C=O) groups is 1. The van der Waals surface area contributed by atoms with Gasteiger partial charge < -0.3 is 15.6 Å². The third-order valence-electron chi connectivity index (χ3n) is 2.19. The SMILES string of the molecule is NCC(CC(=O)O)C1=COCCC1. The maximum absolute atomic E-state index is 10.5. The lowest BCUT2D eigenvalue weighted by atomic mass is 9.92. The minimum absolute atomic E-state index is 0.0576. The number of rotatable bonds is 4. The number of carboxylic acids is 1. The maximum atomic E-state index is 10.5. The Balaban J connectivity index is 2.53. The van der Waals surface area contributed by atoms with E-state index in [9.17, 15) is 4.79 Å². The Morgan fingerprint density at radius 1 is 1.77 bits per heavy atom. The third-order valence-corrected chi connectivity index (χ3v) is 2.19. The molecule has 0 radical (unpaired) electrons. The summed E-state index contributed by atoms with van der Waals surface area (Å²) in [5, 5.41) is 8.62. The molecule has 4 heteroatoms. The van der Waals surface area contributed by atoms with Crippen LogP contribution in [0.15, 0.2) is 11.8 Å². The van der Waals surface area contributed by atoms with E-state index in [1.165, 1.54) is 0 Å². The van der Waals surface area contributed by atoms with Crippen LogP contribution in [0.5, 0.6) is 0 Å². The second-order valence-corrected chi connectivity index (χ2v) is 3.20. The van der Waals surface area contributed by atoms with Crippen molar-refractivity contribution in [2.45, 2.75) is 19.3 Å². The zero-order valence-electron chi connectivity index (χ0n) is 7.53. The first-order valence-electron chi connectivity index (χ1n) is 4.46. The first kappa shape index (κ1) is 10.1. The monoisotopic (exact) mass is 185 g/mol. The van der Waals surface area contributed by atoms with Crippen LogP contribution in [0.3, 0.4) is 0 Å². The van der Waals surface area contributed by atoms with Gasteiger partial charge in [-0.25, -0.2) is 0 Å². The molecule has 1 unspecified atom stereocenters. The van der Waals surface area contributed by atoms with Gasteiger partial charge in [-0.05, 0) is 25.0 Å². The van der Waals surface area contributed by atoms with Gasteiger partial charge in [0.25, 0.3) is 0 Å². The molecule has 0 saturated heterocycles. The van der Waals surface area contributed by atoms with E-state index in [0.29, 0.717) is 6.54 Å². The number of aliphatic carboxylic acids is 1. The number of hydrogen-bond acceptors (Lipinski definition) is 3. The molecule has 0 fully saturated rings. The summed E-state index contributed by atoms with van der Waals surface area (Å²) in [5.41, 5.74) is 6.53. The molecule has 0 bridgehead atoms. The van der Waals surface area contributed by atoms with Crippen molar-refractivity contribution in [3.63, 3.8) is 0 Å². The van der Waals surface area contributed by atoms with Gasteiger partial charge in [0.05, 0.1) is 19.3 Å². The summed E-state index contributed by atoms with van der Waals surface area (Å²) in [4.78, 5) is 10.5. The van der Waals surface area contributed by atoms with Gasteiger partial charge in [0.15, 0.2) is 0 Å². The van der Waals surface area contributed by atoms with Crippen molar-refractivity contribution >= 4 is 5.97 Å². The molecule has 0 aliphatic carbocycles. The fourth-order valence-corrected chi connectivity index (χ4v) is 1.46. The van der Waals surface area contributed by atoms with Crippen LogP contribution in [-0.2, 0) is 9.53 Å². The maximum Gasteiger partial charge on any atom is 0.304 e. The van der Waals surface area contributed by atoms with Crippen molar-refractivity contribution in [3.8, 4) is 0 Å². The Hall–Kier alpha value is -1.03. The molecule has 1 heterocycles.